The molecule has 0 spiro atoms. The van der Waals surface area contributed by atoms with E-state index in [0.717, 1.165) is 17.0 Å². The Kier molecular flexibility index (Phi) is 4.07. The van der Waals surface area contributed by atoms with Crippen molar-refractivity contribution in [3.05, 3.63) is 23.8 Å². The molecule has 0 aromatic heterocycles. The third-order valence-electron chi connectivity index (χ3n) is 1.90. The van der Waals surface area contributed by atoms with Crippen molar-refractivity contribution in [2.24, 2.45) is 9.98 Å². The second-order valence-corrected chi connectivity index (χ2v) is 3.56. The van der Waals surface area contributed by atoms with Gasteiger partial charge in [0.05, 0.1) is 19.2 Å². The molecule has 0 aliphatic rings. The standard InChI is InChI=1S/C12H16N2O/c1-9(2)13-8-14-12-10(3)6-5-7-11(12)15-4/h5-7,9H,1-4H3. The molecule has 0 atom stereocenters. The molecule has 3 heteroatoms. The number of benzene rings is 1. The van der Waals surface area contributed by atoms with Gasteiger partial charge in [0.25, 0.3) is 0 Å². The SMILES string of the molecule is COc1cccc(C)c1N=C=NC(C)C. The van der Waals surface area contributed by atoms with Crippen LogP contribution < -0.4 is 4.74 Å². The van der Waals surface area contributed by atoms with Crippen molar-refractivity contribution in [1.82, 2.24) is 0 Å². The Hall–Kier alpha value is -1.60. The van der Waals surface area contributed by atoms with Crippen LogP contribution >= 0.6 is 0 Å². The van der Waals surface area contributed by atoms with Crippen LogP contribution in [0.25, 0.3) is 0 Å². The minimum absolute atomic E-state index is 0.212. The van der Waals surface area contributed by atoms with Crippen molar-refractivity contribution in [3.63, 3.8) is 0 Å². The predicted molar refractivity (Wildman–Crippen MR) is 62.4 cm³/mol. The summed E-state index contributed by atoms with van der Waals surface area (Å²) in [6.07, 6.45) is 0. The molecular weight excluding hydrogens is 188 g/mol. The Balaban J connectivity index is 3.08. The fourth-order valence-corrected chi connectivity index (χ4v) is 1.13. The van der Waals surface area contributed by atoms with Crippen molar-refractivity contribution in [1.29, 1.82) is 0 Å². The summed E-state index contributed by atoms with van der Waals surface area (Å²) in [5, 5.41) is 0. The quantitative estimate of drug-likeness (QED) is 0.696. The normalized spacial score (nSPS) is 9.67. The van der Waals surface area contributed by atoms with Crippen LogP contribution in [-0.4, -0.2) is 19.2 Å². The van der Waals surface area contributed by atoms with Gasteiger partial charge in [-0.25, -0.2) is 4.99 Å². The highest BCUT2D eigenvalue weighted by molar-refractivity contribution is 5.63. The first kappa shape index (κ1) is 11.5. The summed E-state index contributed by atoms with van der Waals surface area (Å²) in [5.74, 6) is 0.751. The molecular formula is C12H16N2O. The van der Waals surface area contributed by atoms with Gasteiger partial charge in [0, 0.05) is 0 Å². The van der Waals surface area contributed by atoms with Crippen LogP contribution in [0.4, 0.5) is 5.69 Å². The summed E-state index contributed by atoms with van der Waals surface area (Å²) in [6, 6.07) is 8.70. The summed E-state index contributed by atoms with van der Waals surface area (Å²) >= 11 is 0. The molecule has 1 aromatic carbocycles. The Morgan fingerprint density at radius 1 is 1.33 bits per heavy atom. The highest BCUT2D eigenvalue weighted by Crippen LogP contribution is 2.29. The maximum Gasteiger partial charge on any atom is 0.145 e. The monoisotopic (exact) mass is 204 g/mol. The lowest BCUT2D eigenvalue weighted by molar-refractivity contribution is 0.416. The molecule has 0 saturated carbocycles. The van der Waals surface area contributed by atoms with Crippen molar-refractivity contribution >= 4 is 11.7 Å². The van der Waals surface area contributed by atoms with E-state index in [0.29, 0.717) is 0 Å². The van der Waals surface area contributed by atoms with Gasteiger partial charge in [-0.05, 0) is 32.4 Å². The first-order valence-corrected chi connectivity index (χ1v) is 4.94. The summed E-state index contributed by atoms with van der Waals surface area (Å²) in [7, 11) is 1.63. The molecule has 0 aliphatic carbocycles. The zero-order valence-corrected chi connectivity index (χ0v) is 9.61. The van der Waals surface area contributed by atoms with Crippen LogP contribution in [0, 0.1) is 6.92 Å². The van der Waals surface area contributed by atoms with E-state index in [1.807, 2.05) is 39.0 Å². The number of hydrogen-bond donors (Lipinski definition) is 0. The second kappa shape index (κ2) is 5.32. The zero-order chi connectivity index (χ0) is 11.3. The van der Waals surface area contributed by atoms with Crippen LogP contribution in [-0.2, 0) is 0 Å². The molecule has 1 aromatic rings. The van der Waals surface area contributed by atoms with Gasteiger partial charge in [0.15, 0.2) is 0 Å². The minimum atomic E-state index is 0.212. The number of methoxy groups -OCH3 is 1. The molecule has 0 unspecified atom stereocenters. The minimum Gasteiger partial charge on any atom is -0.494 e. The van der Waals surface area contributed by atoms with Gasteiger partial charge in [-0.1, -0.05) is 12.1 Å². The van der Waals surface area contributed by atoms with E-state index >= 15 is 0 Å². The van der Waals surface area contributed by atoms with Gasteiger partial charge in [0.1, 0.15) is 11.4 Å². The molecule has 0 amide bonds. The first-order valence-electron chi connectivity index (χ1n) is 4.94. The molecule has 0 fully saturated rings. The van der Waals surface area contributed by atoms with Crippen LogP contribution in [0.2, 0.25) is 0 Å². The van der Waals surface area contributed by atoms with Crippen LogP contribution in [0.5, 0.6) is 5.75 Å². The topological polar surface area (TPSA) is 34.0 Å². The van der Waals surface area contributed by atoms with Crippen LogP contribution in [0.15, 0.2) is 28.2 Å². The molecule has 1 rings (SSSR count). The van der Waals surface area contributed by atoms with E-state index in [1.165, 1.54) is 0 Å². The second-order valence-electron chi connectivity index (χ2n) is 3.56. The molecule has 0 bridgehead atoms. The average Bonchev–Trinajstić information content (AvgIpc) is 2.20. The van der Waals surface area contributed by atoms with E-state index in [2.05, 4.69) is 16.0 Å². The Labute approximate surface area is 90.5 Å². The number of hydrogen-bond acceptors (Lipinski definition) is 3. The van der Waals surface area contributed by atoms with Gasteiger partial charge in [0.2, 0.25) is 0 Å². The lowest BCUT2D eigenvalue weighted by Gasteiger charge is -2.04. The Bertz CT molecular complexity index is 391. The average molecular weight is 204 g/mol. The van der Waals surface area contributed by atoms with Crippen molar-refractivity contribution in [3.8, 4) is 5.75 Å². The first-order chi connectivity index (χ1) is 7.15. The summed E-state index contributed by atoms with van der Waals surface area (Å²) < 4.78 is 5.21. The summed E-state index contributed by atoms with van der Waals surface area (Å²) in [6.45, 7) is 5.95. The predicted octanol–water partition coefficient (Wildman–Crippen LogP) is 3.22. The summed E-state index contributed by atoms with van der Waals surface area (Å²) in [4.78, 5) is 8.24. The van der Waals surface area contributed by atoms with E-state index < -0.39 is 0 Å². The molecule has 0 saturated heterocycles. The lowest BCUT2D eigenvalue weighted by Crippen LogP contribution is -1.86. The van der Waals surface area contributed by atoms with E-state index in [1.54, 1.807) is 7.11 Å². The van der Waals surface area contributed by atoms with Gasteiger partial charge >= 0.3 is 0 Å². The van der Waals surface area contributed by atoms with Crippen molar-refractivity contribution < 1.29 is 4.74 Å². The van der Waals surface area contributed by atoms with Gasteiger partial charge in [-0.2, -0.15) is 4.99 Å². The maximum atomic E-state index is 5.21. The molecule has 80 valence electrons. The van der Waals surface area contributed by atoms with E-state index in [4.69, 9.17) is 4.74 Å². The fourth-order valence-electron chi connectivity index (χ4n) is 1.13. The Morgan fingerprint density at radius 2 is 2.07 bits per heavy atom. The van der Waals surface area contributed by atoms with Gasteiger partial charge in [-0.3, -0.25) is 0 Å². The van der Waals surface area contributed by atoms with Crippen molar-refractivity contribution in [2.45, 2.75) is 26.8 Å². The molecule has 0 heterocycles. The maximum absolute atomic E-state index is 5.21. The summed E-state index contributed by atoms with van der Waals surface area (Å²) in [5.41, 5.74) is 1.85. The van der Waals surface area contributed by atoms with Crippen LogP contribution in [0.3, 0.4) is 0 Å². The molecule has 0 radical (unpaired) electrons. The third-order valence-corrected chi connectivity index (χ3v) is 1.90. The Morgan fingerprint density at radius 3 is 2.67 bits per heavy atom. The number of rotatable bonds is 3. The lowest BCUT2D eigenvalue weighted by atomic mass is 10.2. The fraction of sp³-hybridized carbons (Fsp3) is 0.417. The highest BCUT2D eigenvalue weighted by atomic mass is 16.5. The number of aryl methyl sites for hydroxylation is 1. The van der Waals surface area contributed by atoms with Crippen LogP contribution in [0.1, 0.15) is 19.4 Å². The molecule has 15 heavy (non-hydrogen) atoms. The molecule has 0 aliphatic heterocycles. The number of ether oxygens (including phenoxy) is 1. The zero-order valence-electron chi connectivity index (χ0n) is 9.61. The largest absolute Gasteiger partial charge is 0.494 e. The smallest absolute Gasteiger partial charge is 0.145 e. The number of aliphatic imine (C=N–C) groups is 2. The van der Waals surface area contributed by atoms with Gasteiger partial charge < -0.3 is 4.74 Å². The van der Waals surface area contributed by atoms with E-state index in [-0.39, 0.29) is 6.04 Å². The number of nitrogens with zero attached hydrogens (tertiary/aromatic N) is 2. The van der Waals surface area contributed by atoms with E-state index in [9.17, 15) is 0 Å². The molecule has 3 nitrogen and oxygen atoms in total. The third kappa shape index (κ3) is 3.22. The van der Waals surface area contributed by atoms with Crippen molar-refractivity contribution in [2.75, 3.05) is 7.11 Å². The highest BCUT2D eigenvalue weighted by Gasteiger charge is 2.02. The number of para-hydroxylation sites is 1. The molecule has 0 N–H and O–H groups in total. The van der Waals surface area contributed by atoms with Gasteiger partial charge in [-0.15, -0.1) is 0 Å².